The van der Waals surface area contributed by atoms with E-state index < -0.39 is 0 Å². The molecule has 2 nitrogen and oxygen atoms in total. The summed E-state index contributed by atoms with van der Waals surface area (Å²) in [7, 11) is 0. The Balaban J connectivity index is 5.76. The van der Waals surface area contributed by atoms with Crippen LogP contribution in [0.4, 0.5) is 0 Å². The van der Waals surface area contributed by atoms with Crippen molar-refractivity contribution < 1.29 is 10.2 Å². The van der Waals surface area contributed by atoms with Crippen molar-refractivity contribution >= 4 is 0 Å². The fourth-order valence-electron chi connectivity index (χ4n) is 1.36. The van der Waals surface area contributed by atoms with E-state index >= 15 is 0 Å². The molecule has 0 rings (SSSR count). The van der Waals surface area contributed by atoms with Crippen molar-refractivity contribution in [2.24, 2.45) is 0 Å². The smallest absolute Gasteiger partial charge is 0.108 e. The second-order valence-electron chi connectivity index (χ2n) is 4.54. The highest BCUT2D eigenvalue weighted by Gasteiger charge is 2.00. The van der Waals surface area contributed by atoms with E-state index in [1.54, 1.807) is 12.2 Å². The first-order valence-corrected chi connectivity index (χ1v) is 6.09. The monoisotopic (exact) mass is 270 g/mol. The van der Waals surface area contributed by atoms with E-state index in [9.17, 15) is 10.2 Å². The van der Waals surface area contributed by atoms with E-state index in [0.29, 0.717) is 0 Å². The molecule has 0 amide bonds. The van der Waals surface area contributed by atoms with Gasteiger partial charge in [0.05, 0.1) is 0 Å². The number of hydrogen-bond acceptors (Lipinski definition) is 2. The Hall–Kier alpha value is -2.48. The largest absolute Gasteiger partial charge is 0.509 e. The van der Waals surface area contributed by atoms with E-state index in [0.717, 1.165) is 22.3 Å². The first-order valence-electron chi connectivity index (χ1n) is 6.09. The van der Waals surface area contributed by atoms with Gasteiger partial charge in [0.2, 0.25) is 0 Å². The molecule has 0 spiro atoms. The zero-order valence-electron chi connectivity index (χ0n) is 12.2. The van der Waals surface area contributed by atoms with Crippen molar-refractivity contribution in [1.82, 2.24) is 0 Å². The van der Waals surface area contributed by atoms with Crippen LogP contribution >= 0.6 is 0 Å². The summed E-state index contributed by atoms with van der Waals surface area (Å²) in [6.07, 6.45) is 10.1. The third-order valence-electron chi connectivity index (χ3n) is 2.05. The van der Waals surface area contributed by atoms with Crippen molar-refractivity contribution in [3.8, 4) is 0 Å². The van der Waals surface area contributed by atoms with Crippen LogP contribution in [0.15, 0.2) is 96.6 Å². The highest BCUT2D eigenvalue weighted by molar-refractivity contribution is 5.52. The minimum Gasteiger partial charge on any atom is -0.509 e. The normalized spacial score (nSPS) is 12.9. The Kier molecular flexibility index (Phi) is 7.53. The van der Waals surface area contributed by atoms with Crippen LogP contribution in [0, 0.1) is 0 Å². The van der Waals surface area contributed by atoms with Crippen LogP contribution in [0.1, 0.15) is 13.8 Å². The first-order chi connectivity index (χ1) is 9.22. The van der Waals surface area contributed by atoms with Gasteiger partial charge in [-0.1, -0.05) is 61.8 Å². The number of hydrogen-bond donors (Lipinski definition) is 2. The molecule has 0 saturated carbocycles. The highest BCUT2D eigenvalue weighted by atomic mass is 16.3. The van der Waals surface area contributed by atoms with E-state index in [2.05, 4.69) is 26.3 Å². The maximum Gasteiger partial charge on any atom is 0.108 e. The second kappa shape index (κ2) is 8.59. The average molecular weight is 270 g/mol. The van der Waals surface area contributed by atoms with Crippen LogP contribution in [0.2, 0.25) is 0 Å². The zero-order chi connectivity index (χ0) is 15.7. The molecular formula is C18H22O2. The fraction of sp³-hybridized carbons (Fsp3) is 0.111. The molecule has 0 aliphatic heterocycles. The lowest BCUT2D eigenvalue weighted by molar-refractivity contribution is 0.434. The molecule has 106 valence electrons. The summed E-state index contributed by atoms with van der Waals surface area (Å²) < 4.78 is 0. The van der Waals surface area contributed by atoms with Crippen molar-refractivity contribution in [3.05, 3.63) is 96.6 Å². The standard InChI is InChI=1S/C18H22O2/c1-13(2)11-17(9-7-15(5)19)18(12-14(3)4)10-8-16(6)20/h7-12,19-20H,1,3,5-6H2,2,4H3/b9-7-,10-8-,17-11-,18-12+. The Bertz CT molecular complexity index is 488. The van der Waals surface area contributed by atoms with E-state index in [1.165, 1.54) is 12.2 Å². The molecule has 0 aromatic carbocycles. The van der Waals surface area contributed by atoms with Crippen molar-refractivity contribution in [2.75, 3.05) is 0 Å². The third kappa shape index (κ3) is 8.59. The minimum absolute atomic E-state index is 0.0390. The molecule has 0 fully saturated rings. The molecule has 0 aromatic rings. The summed E-state index contributed by atoms with van der Waals surface area (Å²) in [6.45, 7) is 18.2. The second-order valence-corrected chi connectivity index (χ2v) is 4.54. The van der Waals surface area contributed by atoms with Crippen molar-refractivity contribution in [3.63, 3.8) is 0 Å². The molecule has 0 radical (unpaired) electrons. The number of aliphatic hydroxyl groups is 2. The Labute approximate surface area is 121 Å². The Morgan fingerprint density at radius 2 is 0.950 bits per heavy atom. The SMILES string of the molecule is C=C(C)/C=C(/C=C\C(=C)O)C(\C=C/C(=C)O)=C\C(=C)C. The molecule has 2 N–H and O–H groups in total. The number of allylic oxidation sites excluding steroid dienone is 10. The van der Waals surface area contributed by atoms with Crippen LogP contribution in [-0.2, 0) is 0 Å². The summed E-state index contributed by atoms with van der Waals surface area (Å²) >= 11 is 0. The lowest BCUT2D eigenvalue weighted by atomic mass is 10.00. The molecule has 2 heteroatoms. The lowest BCUT2D eigenvalue weighted by Crippen LogP contribution is -1.87. The number of rotatable bonds is 7. The quantitative estimate of drug-likeness (QED) is 0.490. The topological polar surface area (TPSA) is 40.5 Å². The zero-order valence-corrected chi connectivity index (χ0v) is 12.2. The Morgan fingerprint density at radius 3 is 1.15 bits per heavy atom. The van der Waals surface area contributed by atoms with Gasteiger partial charge in [-0.25, -0.2) is 0 Å². The van der Waals surface area contributed by atoms with Crippen molar-refractivity contribution in [2.45, 2.75) is 13.8 Å². The predicted molar refractivity (Wildman–Crippen MR) is 87.6 cm³/mol. The van der Waals surface area contributed by atoms with Crippen LogP contribution < -0.4 is 0 Å². The Morgan fingerprint density at radius 1 is 0.650 bits per heavy atom. The van der Waals surface area contributed by atoms with Gasteiger partial charge in [-0.05, 0) is 37.1 Å². The van der Waals surface area contributed by atoms with E-state index in [-0.39, 0.29) is 11.5 Å². The van der Waals surface area contributed by atoms with Gasteiger partial charge in [0.1, 0.15) is 11.5 Å². The summed E-state index contributed by atoms with van der Waals surface area (Å²) in [6, 6.07) is 0. The molecule has 0 heterocycles. The molecule has 0 aliphatic rings. The van der Waals surface area contributed by atoms with Gasteiger partial charge in [-0.2, -0.15) is 0 Å². The van der Waals surface area contributed by atoms with Gasteiger partial charge in [0, 0.05) is 0 Å². The van der Waals surface area contributed by atoms with Crippen LogP contribution in [0.5, 0.6) is 0 Å². The van der Waals surface area contributed by atoms with Gasteiger partial charge in [-0.15, -0.1) is 0 Å². The molecule has 0 aromatic heterocycles. The van der Waals surface area contributed by atoms with E-state index in [4.69, 9.17) is 0 Å². The highest BCUT2D eigenvalue weighted by Crippen LogP contribution is 2.18. The lowest BCUT2D eigenvalue weighted by Gasteiger charge is -2.06. The van der Waals surface area contributed by atoms with Gasteiger partial charge >= 0.3 is 0 Å². The van der Waals surface area contributed by atoms with Crippen LogP contribution in [0.3, 0.4) is 0 Å². The summed E-state index contributed by atoms with van der Waals surface area (Å²) in [5, 5.41) is 18.4. The van der Waals surface area contributed by atoms with Gasteiger partial charge in [0.25, 0.3) is 0 Å². The average Bonchev–Trinajstić information content (AvgIpc) is 2.28. The van der Waals surface area contributed by atoms with Gasteiger partial charge in [-0.3, -0.25) is 0 Å². The fourth-order valence-corrected chi connectivity index (χ4v) is 1.36. The molecule has 0 atom stereocenters. The van der Waals surface area contributed by atoms with Gasteiger partial charge in [0.15, 0.2) is 0 Å². The maximum absolute atomic E-state index is 9.18. The summed E-state index contributed by atoms with van der Waals surface area (Å²) in [5.41, 5.74) is 3.34. The molecular weight excluding hydrogens is 248 g/mol. The summed E-state index contributed by atoms with van der Waals surface area (Å²) in [4.78, 5) is 0. The molecule has 0 aliphatic carbocycles. The predicted octanol–water partition coefficient (Wildman–Crippen LogP) is 5.25. The van der Waals surface area contributed by atoms with E-state index in [1.807, 2.05) is 26.0 Å². The summed E-state index contributed by atoms with van der Waals surface area (Å²) in [5.74, 6) is -0.0781. The minimum atomic E-state index is -0.0390. The molecule has 0 bridgehead atoms. The van der Waals surface area contributed by atoms with Crippen LogP contribution in [-0.4, -0.2) is 10.2 Å². The third-order valence-corrected chi connectivity index (χ3v) is 2.05. The first kappa shape index (κ1) is 17.5. The van der Waals surface area contributed by atoms with Gasteiger partial charge < -0.3 is 10.2 Å². The molecule has 0 saturated heterocycles. The maximum atomic E-state index is 9.18. The number of aliphatic hydroxyl groups excluding tert-OH is 2. The van der Waals surface area contributed by atoms with Crippen LogP contribution in [0.25, 0.3) is 0 Å². The molecule has 20 heavy (non-hydrogen) atoms. The van der Waals surface area contributed by atoms with Crippen molar-refractivity contribution in [1.29, 1.82) is 0 Å². The molecule has 0 unspecified atom stereocenters.